The van der Waals surface area contributed by atoms with Gasteiger partial charge in [-0.15, -0.1) is 0 Å². The van der Waals surface area contributed by atoms with Crippen LogP contribution in [0.5, 0.6) is 5.75 Å². The number of hydrogen-bond acceptors (Lipinski definition) is 9. The molecule has 1 fully saturated rings. The van der Waals surface area contributed by atoms with Gasteiger partial charge in [0.25, 0.3) is 0 Å². The lowest BCUT2D eigenvalue weighted by molar-refractivity contribution is -0.119. The molecule has 0 aliphatic carbocycles. The van der Waals surface area contributed by atoms with Crippen molar-refractivity contribution in [3.63, 3.8) is 0 Å². The van der Waals surface area contributed by atoms with E-state index in [2.05, 4.69) is 34.3 Å². The third-order valence-corrected chi connectivity index (χ3v) is 10.9. The fourth-order valence-corrected chi connectivity index (χ4v) is 7.51. The highest BCUT2D eigenvalue weighted by Crippen LogP contribution is 2.45. The Labute approximate surface area is 258 Å². The standard InChI is InChI=1S/C31H38BN7O4S/c1-17(2)44(41,42)26-8-6-5-7-23(26)35-30-28-22(32)15-34-29(28)36-31(37-30)39-19(4)43-25-14-21(18(3)13-24(25)39)20-9-11-38(12-10-20)16-27(33)40/h5-8,13-15,17,19-20H,9-12,16,32H2,1-4H3,(H2,33,40)(H2,34,35,36,37). The Morgan fingerprint density at radius 3 is 2.64 bits per heavy atom. The molecule has 1 atom stereocenters. The molecule has 13 heteroatoms. The minimum Gasteiger partial charge on any atom is -0.468 e. The average Bonchev–Trinajstić information content (AvgIpc) is 3.51. The molecule has 11 nitrogen and oxygen atoms in total. The van der Waals surface area contributed by atoms with Crippen molar-refractivity contribution in [2.75, 3.05) is 29.9 Å². The summed E-state index contributed by atoms with van der Waals surface area (Å²) in [5.41, 5.74) is 10.7. The fraction of sp³-hybridized carbons (Fsp3) is 0.387. The molecule has 0 radical (unpaired) electrons. The number of carbonyl (C=O) groups is 1. The molecule has 1 unspecified atom stereocenters. The van der Waals surface area contributed by atoms with Gasteiger partial charge in [0.1, 0.15) is 25.1 Å². The van der Waals surface area contributed by atoms with E-state index in [0.29, 0.717) is 35.6 Å². The molecular formula is C31H38BN7O4S. The number of fused-ring (bicyclic) bond motifs is 2. The van der Waals surface area contributed by atoms with Crippen molar-refractivity contribution in [2.45, 2.75) is 62.8 Å². The molecule has 1 amide bonds. The normalized spacial score (nSPS) is 17.7. The Morgan fingerprint density at radius 1 is 1.20 bits per heavy atom. The molecule has 2 aliphatic heterocycles. The number of primary amides is 1. The minimum absolute atomic E-state index is 0.225. The third-order valence-electron chi connectivity index (χ3n) is 8.67. The number of carbonyl (C=O) groups excluding carboxylic acids is 1. The van der Waals surface area contributed by atoms with Crippen molar-refractivity contribution in [1.82, 2.24) is 19.9 Å². The van der Waals surface area contributed by atoms with Crippen LogP contribution in [-0.2, 0) is 14.6 Å². The molecule has 2 aromatic carbocycles. The molecule has 0 saturated carbocycles. The summed E-state index contributed by atoms with van der Waals surface area (Å²) >= 11 is 0. The zero-order valence-corrected chi connectivity index (χ0v) is 26.5. The van der Waals surface area contributed by atoms with Gasteiger partial charge in [-0.25, -0.2) is 8.42 Å². The number of ether oxygens (including phenoxy) is 1. The predicted octanol–water partition coefficient (Wildman–Crippen LogP) is 2.99. The average molecular weight is 616 g/mol. The minimum atomic E-state index is -3.55. The van der Waals surface area contributed by atoms with Crippen LogP contribution < -0.4 is 26.2 Å². The van der Waals surface area contributed by atoms with Crippen LogP contribution in [0.25, 0.3) is 11.0 Å². The fourth-order valence-electron chi connectivity index (χ4n) is 6.31. The van der Waals surface area contributed by atoms with Crippen LogP contribution in [0.15, 0.2) is 47.5 Å². The summed E-state index contributed by atoms with van der Waals surface area (Å²) in [6, 6.07) is 11.2. The van der Waals surface area contributed by atoms with Gasteiger partial charge in [-0.1, -0.05) is 17.6 Å². The van der Waals surface area contributed by atoms with Gasteiger partial charge in [-0.2, -0.15) is 9.97 Å². The third kappa shape index (κ3) is 5.39. The molecule has 0 bridgehead atoms. The number of H-pyrrole nitrogens is 1. The van der Waals surface area contributed by atoms with E-state index < -0.39 is 15.1 Å². The van der Waals surface area contributed by atoms with E-state index >= 15 is 0 Å². The first-order valence-corrected chi connectivity index (χ1v) is 16.6. The number of sulfone groups is 1. The highest BCUT2D eigenvalue weighted by molar-refractivity contribution is 7.92. The number of anilines is 4. The van der Waals surface area contributed by atoms with Crippen molar-refractivity contribution in [3.8, 4) is 5.75 Å². The summed E-state index contributed by atoms with van der Waals surface area (Å²) in [6.45, 7) is 9.38. The number of hydrogen-bond donors (Lipinski definition) is 3. The second-order valence-corrected chi connectivity index (χ2v) is 14.5. The van der Waals surface area contributed by atoms with Gasteiger partial charge < -0.3 is 20.8 Å². The SMILES string of the molecule is Bc1c[nH]c2nc(N3c4cc(C)c(C5CCN(CC(N)=O)CC5)cc4OC3C)nc(Nc3ccccc3S(=O)(=O)C(C)C)c12. The van der Waals surface area contributed by atoms with Gasteiger partial charge in [0.2, 0.25) is 11.9 Å². The Kier molecular flexibility index (Phi) is 7.79. The number of para-hydroxylation sites is 1. The Hall–Kier alpha value is -4.10. The topological polar surface area (TPSA) is 147 Å². The van der Waals surface area contributed by atoms with E-state index in [0.717, 1.165) is 53.8 Å². The summed E-state index contributed by atoms with van der Waals surface area (Å²) in [7, 11) is -1.58. The zero-order valence-electron chi connectivity index (χ0n) is 25.7. The Bertz CT molecular complexity index is 1850. The lowest BCUT2D eigenvalue weighted by atomic mass is 9.86. The maximum atomic E-state index is 13.2. The molecule has 4 heterocycles. The van der Waals surface area contributed by atoms with Crippen LogP contribution in [-0.4, -0.2) is 73.1 Å². The number of aromatic amines is 1. The molecule has 2 aliphatic rings. The maximum absolute atomic E-state index is 13.2. The highest BCUT2D eigenvalue weighted by atomic mass is 32.2. The number of aryl methyl sites for hydroxylation is 1. The van der Waals surface area contributed by atoms with Crippen molar-refractivity contribution < 1.29 is 17.9 Å². The van der Waals surface area contributed by atoms with E-state index in [4.69, 9.17) is 20.4 Å². The lowest BCUT2D eigenvalue weighted by Gasteiger charge is -2.32. The molecular weight excluding hydrogens is 577 g/mol. The Morgan fingerprint density at radius 2 is 1.93 bits per heavy atom. The first-order valence-electron chi connectivity index (χ1n) is 15.0. The van der Waals surface area contributed by atoms with Gasteiger partial charge in [0.05, 0.1) is 33.5 Å². The molecule has 2 aromatic heterocycles. The Balaban J connectivity index is 1.36. The van der Waals surface area contributed by atoms with Crippen LogP contribution in [0.3, 0.4) is 0 Å². The number of benzene rings is 2. The van der Waals surface area contributed by atoms with Crippen LogP contribution in [0.1, 0.15) is 50.7 Å². The molecule has 4 aromatic rings. The van der Waals surface area contributed by atoms with Gasteiger partial charge >= 0.3 is 0 Å². The highest BCUT2D eigenvalue weighted by Gasteiger charge is 2.34. The number of rotatable bonds is 8. The summed E-state index contributed by atoms with van der Waals surface area (Å²) in [6.07, 6.45) is 3.39. The summed E-state index contributed by atoms with van der Waals surface area (Å²) < 4.78 is 32.7. The van der Waals surface area contributed by atoms with Crippen molar-refractivity contribution in [3.05, 3.63) is 53.7 Å². The van der Waals surface area contributed by atoms with Crippen LogP contribution in [0, 0.1) is 6.92 Å². The number of piperidine rings is 1. The van der Waals surface area contributed by atoms with Gasteiger partial charge in [-0.05, 0) is 101 Å². The largest absolute Gasteiger partial charge is 0.468 e. The summed E-state index contributed by atoms with van der Waals surface area (Å²) in [5.74, 6) is 1.78. The zero-order chi connectivity index (χ0) is 31.3. The molecule has 1 saturated heterocycles. The summed E-state index contributed by atoms with van der Waals surface area (Å²) in [5, 5.41) is 3.55. The maximum Gasteiger partial charge on any atom is 0.237 e. The molecule has 44 heavy (non-hydrogen) atoms. The van der Waals surface area contributed by atoms with Gasteiger partial charge in [0, 0.05) is 0 Å². The number of nitrogens with one attached hydrogen (secondary N) is 2. The number of amides is 1. The van der Waals surface area contributed by atoms with E-state index in [1.54, 1.807) is 38.1 Å². The van der Waals surface area contributed by atoms with Crippen molar-refractivity contribution in [2.24, 2.45) is 5.73 Å². The van der Waals surface area contributed by atoms with Crippen molar-refractivity contribution in [1.29, 1.82) is 0 Å². The van der Waals surface area contributed by atoms with Crippen LogP contribution in [0.2, 0.25) is 0 Å². The van der Waals surface area contributed by atoms with Crippen LogP contribution in [0.4, 0.5) is 23.1 Å². The number of aromatic nitrogens is 3. The predicted molar refractivity (Wildman–Crippen MR) is 175 cm³/mol. The van der Waals surface area contributed by atoms with Crippen LogP contribution >= 0.6 is 0 Å². The molecule has 4 N–H and O–H groups in total. The van der Waals surface area contributed by atoms with E-state index in [1.807, 2.05) is 25.9 Å². The van der Waals surface area contributed by atoms with E-state index in [-0.39, 0.29) is 17.0 Å². The number of likely N-dealkylation sites (tertiary alicyclic amines) is 1. The van der Waals surface area contributed by atoms with Gasteiger partial charge in [0.15, 0.2) is 16.1 Å². The lowest BCUT2D eigenvalue weighted by Crippen LogP contribution is -2.39. The molecule has 230 valence electrons. The quantitative estimate of drug-likeness (QED) is 0.255. The van der Waals surface area contributed by atoms with E-state index in [1.165, 1.54) is 5.56 Å². The summed E-state index contributed by atoms with van der Waals surface area (Å²) in [4.78, 5) is 28.8. The first kappa shape index (κ1) is 30.0. The second-order valence-electron chi connectivity index (χ2n) is 12.1. The van der Waals surface area contributed by atoms with E-state index in [9.17, 15) is 13.2 Å². The number of nitrogens with zero attached hydrogens (tertiary/aromatic N) is 4. The van der Waals surface area contributed by atoms with Crippen molar-refractivity contribution >= 4 is 63.2 Å². The van der Waals surface area contributed by atoms with Gasteiger partial charge in [-0.3, -0.25) is 14.6 Å². The second kappa shape index (κ2) is 11.4. The first-order chi connectivity index (χ1) is 20.9. The number of nitrogens with two attached hydrogens (primary N) is 1. The molecule has 0 spiro atoms. The monoisotopic (exact) mass is 615 g/mol. The molecule has 6 rings (SSSR count). The smallest absolute Gasteiger partial charge is 0.237 e.